The smallest absolute Gasteiger partial charge is 0.326 e. The Morgan fingerprint density at radius 3 is 2.05 bits per heavy atom. The van der Waals surface area contributed by atoms with Crippen molar-refractivity contribution in [1.29, 1.82) is 0 Å². The predicted molar refractivity (Wildman–Crippen MR) is 70.4 cm³/mol. The van der Waals surface area contributed by atoms with Gasteiger partial charge in [-0.25, -0.2) is 9.59 Å². The van der Waals surface area contributed by atoms with E-state index in [1.165, 1.54) is 4.90 Å². The molecule has 0 saturated heterocycles. The molecule has 0 aliphatic heterocycles. The Bertz CT molecular complexity index is 342. The van der Waals surface area contributed by atoms with E-state index in [9.17, 15) is 14.4 Å². The Labute approximate surface area is 113 Å². The number of carbonyl (C=O) groups excluding carboxylic acids is 2. The van der Waals surface area contributed by atoms with E-state index in [0.29, 0.717) is 6.42 Å². The molecule has 0 aliphatic carbocycles. The maximum Gasteiger partial charge on any atom is 0.326 e. The number of amides is 3. The van der Waals surface area contributed by atoms with Crippen molar-refractivity contribution in [3.63, 3.8) is 0 Å². The number of nitrogens with one attached hydrogen (secondary N) is 1. The molecule has 0 radical (unpaired) electrons. The summed E-state index contributed by atoms with van der Waals surface area (Å²) in [6, 6.07) is -1.82. The molecule has 19 heavy (non-hydrogen) atoms. The van der Waals surface area contributed by atoms with Gasteiger partial charge in [-0.3, -0.25) is 4.79 Å². The SMILES string of the molecule is CC(C)C[C@H](NC(=O)N(CC(N)=O)C(C)C)C(=O)O. The zero-order valence-electron chi connectivity index (χ0n) is 11.8. The zero-order chi connectivity index (χ0) is 15.2. The second-order valence-electron chi connectivity index (χ2n) is 5.16. The average Bonchev–Trinajstić information content (AvgIpc) is 2.23. The molecule has 0 aliphatic rings. The van der Waals surface area contributed by atoms with Gasteiger partial charge in [0.05, 0.1) is 0 Å². The Hall–Kier alpha value is -1.79. The Morgan fingerprint density at radius 1 is 1.21 bits per heavy atom. The minimum absolute atomic E-state index is 0.130. The van der Waals surface area contributed by atoms with E-state index < -0.39 is 23.9 Å². The molecule has 0 rings (SSSR count). The number of nitrogens with two attached hydrogens (primary N) is 1. The molecule has 0 bridgehead atoms. The zero-order valence-corrected chi connectivity index (χ0v) is 11.8. The van der Waals surface area contributed by atoms with Crippen molar-refractivity contribution < 1.29 is 19.5 Å². The van der Waals surface area contributed by atoms with Gasteiger partial charge in [0, 0.05) is 6.04 Å². The minimum atomic E-state index is -1.09. The van der Waals surface area contributed by atoms with Gasteiger partial charge in [0.1, 0.15) is 12.6 Å². The highest BCUT2D eigenvalue weighted by molar-refractivity contribution is 5.86. The molecule has 0 unspecified atom stereocenters. The third kappa shape index (κ3) is 6.64. The van der Waals surface area contributed by atoms with Crippen LogP contribution in [0.4, 0.5) is 4.79 Å². The van der Waals surface area contributed by atoms with Gasteiger partial charge in [0.25, 0.3) is 0 Å². The molecular weight excluding hydrogens is 250 g/mol. The van der Waals surface area contributed by atoms with Crippen LogP contribution in [-0.4, -0.2) is 46.5 Å². The number of carboxylic acid groups (broad SMARTS) is 1. The Kier molecular flexibility index (Phi) is 6.89. The number of rotatable bonds is 7. The molecule has 7 nitrogen and oxygen atoms in total. The summed E-state index contributed by atoms with van der Waals surface area (Å²) in [5.41, 5.74) is 5.06. The minimum Gasteiger partial charge on any atom is -0.480 e. The number of aliphatic carboxylic acids is 1. The second kappa shape index (κ2) is 7.60. The molecule has 3 amide bonds. The van der Waals surface area contributed by atoms with Gasteiger partial charge >= 0.3 is 12.0 Å². The summed E-state index contributed by atoms with van der Waals surface area (Å²) in [5, 5.41) is 11.5. The van der Waals surface area contributed by atoms with Gasteiger partial charge in [-0.05, 0) is 26.2 Å². The van der Waals surface area contributed by atoms with Crippen LogP contribution < -0.4 is 11.1 Å². The van der Waals surface area contributed by atoms with Gasteiger partial charge in [0.15, 0.2) is 0 Å². The maximum atomic E-state index is 12.0. The predicted octanol–water partition coefficient (Wildman–Crippen LogP) is 0.391. The first-order valence-electron chi connectivity index (χ1n) is 6.23. The number of carboxylic acids is 1. The van der Waals surface area contributed by atoms with Gasteiger partial charge in [0.2, 0.25) is 5.91 Å². The number of primary amides is 1. The first kappa shape index (κ1) is 17.2. The number of hydrogen-bond acceptors (Lipinski definition) is 3. The van der Waals surface area contributed by atoms with Gasteiger partial charge in [-0.15, -0.1) is 0 Å². The number of hydrogen-bond donors (Lipinski definition) is 3. The van der Waals surface area contributed by atoms with Crippen LogP contribution in [-0.2, 0) is 9.59 Å². The Balaban J connectivity index is 4.75. The van der Waals surface area contributed by atoms with Crippen molar-refractivity contribution in [2.24, 2.45) is 11.7 Å². The van der Waals surface area contributed by atoms with E-state index in [2.05, 4.69) is 5.32 Å². The van der Waals surface area contributed by atoms with Crippen molar-refractivity contribution in [1.82, 2.24) is 10.2 Å². The molecule has 0 aromatic rings. The average molecular weight is 273 g/mol. The third-order valence-electron chi connectivity index (χ3n) is 2.51. The van der Waals surface area contributed by atoms with Crippen LogP contribution in [0.5, 0.6) is 0 Å². The van der Waals surface area contributed by atoms with Crippen LogP contribution in [0.15, 0.2) is 0 Å². The van der Waals surface area contributed by atoms with Crippen molar-refractivity contribution >= 4 is 17.9 Å². The fraction of sp³-hybridized carbons (Fsp3) is 0.750. The lowest BCUT2D eigenvalue weighted by atomic mass is 10.0. The fourth-order valence-electron chi connectivity index (χ4n) is 1.58. The molecule has 0 aromatic heterocycles. The van der Waals surface area contributed by atoms with Crippen molar-refractivity contribution in [2.75, 3.05) is 6.54 Å². The summed E-state index contributed by atoms with van der Waals surface area (Å²) in [6.45, 7) is 6.94. The lowest BCUT2D eigenvalue weighted by Crippen LogP contribution is -2.52. The summed E-state index contributed by atoms with van der Waals surface area (Å²) < 4.78 is 0. The van der Waals surface area contributed by atoms with E-state index in [4.69, 9.17) is 10.8 Å². The van der Waals surface area contributed by atoms with Crippen LogP contribution in [0, 0.1) is 5.92 Å². The normalized spacial score (nSPS) is 12.3. The van der Waals surface area contributed by atoms with Crippen LogP contribution in [0.3, 0.4) is 0 Å². The fourth-order valence-corrected chi connectivity index (χ4v) is 1.58. The molecule has 7 heteroatoms. The van der Waals surface area contributed by atoms with Crippen LogP contribution >= 0.6 is 0 Å². The van der Waals surface area contributed by atoms with Crippen molar-refractivity contribution in [2.45, 2.75) is 46.2 Å². The molecule has 0 spiro atoms. The number of nitrogens with zero attached hydrogens (tertiary/aromatic N) is 1. The topological polar surface area (TPSA) is 113 Å². The van der Waals surface area contributed by atoms with Gasteiger partial charge in [-0.2, -0.15) is 0 Å². The number of urea groups is 1. The summed E-state index contributed by atoms with van der Waals surface area (Å²) >= 11 is 0. The molecule has 4 N–H and O–H groups in total. The van der Waals surface area contributed by atoms with E-state index in [1.54, 1.807) is 13.8 Å². The van der Waals surface area contributed by atoms with E-state index in [0.717, 1.165) is 0 Å². The van der Waals surface area contributed by atoms with E-state index in [1.807, 2.05) is 13.8 Å². The summed E-state index contributed by atoms with van der Waals surface area (Å²) in [6.07, 6.45) is 0.323. The second-order valence-corrected chi connectivity index (χ2v) is 5.16. The highest BCUT2D eigenvalue weighted by atomic mass is 16.4. The summed E-state index contributed by atoms with van der Waals surface area (Å²) in [5.74, 6) is -1.60. The van der Waals surface area contributed by atoms with Gasteiger partial charge in [-0.1, -0.05) is 13.8 Å². The van der Waals surface area contributed by atoms with Crippen LogP contribution in [0.2, 0.25) is 0 Å². The van der Waals surface area contributed by atoms with E-state index >= 15 is 0 Å². The standard InChI is InChI=1S/C12H23N3O4/c1-7(2)5-9(11(17)18)14-12(19)15(8(3)4)6-10(13)16/h7-9H,5-6H2,1-4H3,(H2,13,16)(H,14,19)(H,17,18)/t9-/m0/s1. The molecule has 0 saturated carbocycles. The molecule has 0 heterocycles. The maximum absolute atomic E-state index is 12.0. The highest BCUT2D eigenvalue weighted by Crippen LogP contribution is 2.07. The Morgan fingerprint density at radius 2 is 1.74 bits per heavy atom. The summed E-state index contributed by atoms with van der Waals surface area (Å²) in [4.78, 5) is 35.1. The molecule has 1 atom stereocenters. The third-order valence-corrected chi connectivity index (χ3v) is 2.51. The van der Waals surface area contributed by atoms with Gasteiger partial charge < -0.3 is 21.1 Å². The van der Waals surface area contributed by atoms with Crippen molar-refractivity contribution in [3.8, 4) is 0 Å². The van der Waals surface area contributed by atoms with E-state index in [-0.39, 0.29) is 18.5 Å². The molecular formula is C12H23N3O4. The summed E-state index contributed by atoms with van der Waals surface area (Å²) in [7, 11) is 0. The van der Waals surface area contributed by atoms with Crippen molar-refractivity contribution in [3.05, 3.63) is 0 Å². The van der Waals surface area contributed by atoms with Crippen LogP contribution in [0.1, 0.15) is 34.1 Å². The lowest BCUT2D eigenvalue weighted by Gasteiger charge is -2.27. The largest absolute Gasteiger partial charge is 0.480 e. The number of carbonyl (C=O) groups is 3. The molecule has 0 fully saturated rings. The lowest BCUT2D eigenvalue weighted by molar-refractivity contribution is -0.139. The monoisotopic (exact) mass is 273 g/mol. The highest BCUT2D eigenvalue weighted by Gasteiger charge is 2.25. The first-order valence-corrected chi connectivity index (χ1v) is 6.23. The molecule has 110 valence electrons. The quantitative estimate of drug-likeness (QED) is 0.622. The molecule has 0 aromatic carbocycles. The van der Waals surface area contributed by atoms with Crippen LogP contribution in [0.25, 0.3) is 0 Å². The first-order chi connectivity index (χ1) is 8.65.